The minimum absolute atomic E-state index is 0.139. The molecule has 0 saturated carbocycles. The second-order valence-corrected chi connectivity index (χ2v) is 8.67. The molecule has 4 rings (SSSR count). The van der Waals surface area contributed by atoms with E-state index in [0.29, 0.717) is 37.0 Å². The average molecular weight is 470 g/mol. The van der Waals surface area contributed by atoms with Crippen LogP contribution >= 0.6 is 9.24 Å². The molecule has 2 amide bonds. The maximum Gasteiger partial charge on any atom is 0.317 e. The van der Waals surface area contributed by atoms with Gasteiger partial charge in [0.1, 0.15) is 11.6 Å². The SMILES string of the molecule is COc1cc(N2CCCN(C(=O)NCc3cc(F)cc(P)c3)CC2)ccc1-c1cnc(C)o1. The summed E-state index contributed by atoms with van der Waals surface area (Å²) in [5.74, 6) is 1.68. The first-order valence-corrected chi connectivity index (χ1v) is 11.4. The number of amides is 2. The minimum atomic E-state index is -0.308. The molecule has 2 aromatic carbocycles. The molecule has 0 spiro atoms. The standard InChI is InChI=1S/C24H28FN4O3P/c1-16-26-15-23(32-16)21-5-4-19(13-22(21)31-2)28-6-3-7-29(9-8-28)24(30)27-14-17-10-18(25)12-20(33)11-17/h4-5,10-13,15H,3,6-9,14,33H2,1-2H3,(H,27,30). The van der Waals surface area contributed by atoms with Crippen LogP contribution in [0.5, 0.6) is 5.75 Å². The number of methoxy groups -OCH3 is 1. The molecular weight excluding hydrogens is 442 g/mol. The topological polar surface area (TPSA) is 70.8 Å². The Hall–Kier alpha value is -3.12. The minimum Gasteiger partial charge on any atom is -0.496 e. The molecule has 1 aromatic heterocycles. The molecule has 7 nitrogen and oxygen atoms in total. The molecular formula is C24H28FN4O3P. The highest BCUT2D eigenvalue weighted by Crippen LogP contribution is 2.34. The maximum atomic E-state index is 13.6. The molecule has 1 unspecified atom stereocenters. The number of carbonyl (C=O) groups excluding carboxylic acids is 1. The molecule has 0 bridgehead atoms. The van der Waals surface area contributed by atoms with E-state index < -0.39 is 0 Å². The molecule has 1 fully saturated rings. The maximum absolute atomic E-state index is 13.6. The Kier molecular flexibility index (Phi) is 7.14. The highest BCUT2D eigenvalue weighted by Gasteiger charge is 2.20. The van der Waals surface area contributed by atoms with E-state index in [0.717, 1.165) is 35.1 Å². The third kappa shape index (κ3) is 5.63. The molecule has 0 radical (unpaired) electrons. The predicted octanol–water partition coefficient (Wildman–Crippen LogP) is 3.72. The van der Waals surface area contributed by atoms with Gasteiger partial charge in [0.2, 0.25) is 0 Å². The predicted molar refractivity (Wildman–Crippen MR) is 130 cm³/mol. The lowest BCUT2D eigenvalue weighted by Gasteiger charge is -2.24. The third-order valence-corrected chi connectivity index (χ3v) is 5.98. The fourth-order valence-corrected chi connectivity index (χ4v) is 4.39. The van der Waals surface area contributed by atoms with Gasteiger partial charge in [-0.05, 0) is 47.6 Å². The third-order valence-electron chi connectivity index (χ3n) is 5.64. The van der Waals surface area contributed by atoms with Crippen molar-refractivity contribution >= 4 is 26.3 Å². The Morgan fingerprint density at radius 2 is 2.06 bits per heavy atom. The number of halogens is 1. The van der Waals surface area contributed by atoms with Crippen LogP contribution in [0.15, 0.2) is 47.0 Å². The lowest BCUT2D eigenvalue weighted by Crippen LogP contribution is -2.41. The number of urea groups is 1. The van der Waals surface area contributed by atoms with Gasteiger partial charge < -0.3 is 24.3 Å². The normalized spacial score (nSPS) is 14.2. The molecule has 1 N–H and O–H groups in total. The molecule has 9 heteroatoms. The van der Waals surface area contributed by atoms with Crippen molar-refractivity contribution in [2.45, 2.75) is 19.9 Å². The largest absolute Gasteiger partial charge is 0.496 e. The first kappa shape index (κ1) is 23.1. The zero-order chi connectivity index (χ0) is 23.4. The summed E-state index contributed by atoms with van der Waals surface area (Å²) < 4.78 is 24.8. The Morgan fingerprint density at radius 3 is 2.79 bits per heavy atom. The van der Waals surface area contributed by atoms with Crippen LogP contribution in [-0.4, -0.2) is 49.2 Å². The fourth-order valence-electron chi connectivity index (χ4n) is 4.01. The monoisotopic (exact) mass is 470 g/mol. The van der Waals surface area contributed by atoms with E-state index in [1.807, 2.05) is 36.1 Å². The molecule has 0 aliphatic carbocycles. The number of aromatic nitrogens is 1. The van der Waals surface area contributed by atoms with E-state index >= 15 is 0 Å². The van der Waals surface area contributed by atoms with E-state index in [1.54, 1.807) is 13.3 Å². The van der Waals surface area contributed by atoms with E-state index in [2.05, 4.69) is 24.4 Å². The highest BCUT2D eigenvalue weighted by atomic mass is 31.0. The van der Waals surface area contributed by atoms with Crippen LogP contribution in [0.1, 0.15) is 17.9 Å². The summed E-state index contributed by atoms with van der Waals surface area (Å²) in [6.45, 7) is 4.88. The van der Waals surface area contributed by atoms with E-state index in [-0.39, 0.29) is 18.4 Å². The molecule has 1 aliphatic rings. The Labute approximate surface area is 195 Å². The van der Waals surface area contributed by atoms with Crippen molar-refractivity contribution in [3.05, 3.63) is 59.9 Å². The number of rotatable bonds is 5. The Morgan fingerprint density at radius 1 is 1.21 bits per heavy atom. The second-order valence-electron chi connectivity index (χ2n) is 8.01. The number of nitrogens with zero attached hydrogens (tertiary/aromatic N) is 3. The van der Waals surface area contributed by atoms with E-state index in [4.69, 9.17) is 9.15 Å². The summed E-state index contributed by atoms with van der Waals surface area (Å²) in [5, 5.41) is 3.66. The zero-order valence-electron chi connectivity index (χ0n) is 18.8. The van der Waals surface area contributed by atoms with Crippen LogP contribution in [0, 0.1) is 12.7 Å². The summed E-state index contributed by atoms with van der Waals surface area (Å²) >= 11 is 0. The first-order chi connectivity index (χ1) is 15.9. The quantitative estimate of drug-likeness (QED) is 0.576. The van der Waals surface area contributed by atoms with Crippen LogP contribution in [0.2, 0.25) is 0 Å². The van der Waals surface area contributed by atoms with E-state index in [9.17, 15) is 9.18 Å². The van der Waals surface area contributed by atoms with Gasteiger partial charge in [-0.3, -0.25) is 0 Å². The number of oxazole rings is 1. The molecule has 1 saturated heterocycles. The second kappa shape index (κ2) is 10.2. The van der Waals surface area contributed by atoms with Crippen molar-refractivity contribution in [2.75, 3.05) is 38.2 Å². The number of aryl methyl sites for hydroxylation is 1. The summed E-state index contributed by atoms with van der Waals surface area (Å²) in [7, 11) is 4.12. The molecule has 33 heavy (non-hydrogen) atoms. The summed E-state index contributed by atoms with van der Waals surface area (Å²) in [6.07, 6.45) is 2.54. The summed E-state index contributed by atoms with van der Waals surface area (Å²) in [5.41, 5.74) is 2.62. The molecule has 2 heterocycles. The fraction of sp³-hybridized carbons (Fsp3) is 0.333. The van der Waals surface area contributed by atoms with Crippen molar-refractivity contribution in [2.24, 2.45) is 0 Å². The lowest BCUT2D eigenvalue weighted by molar-refractivity contribution is 0.201. The van der Waals surface area contributed by atoms with Gasteiger partial charge in [0.05, 0.1) is 18.9 Å². The van der Waals surface area contributed by atoms with Crippen molar-refractivity contribution in [3.63, 3.8) is 0 Å². The van der Waals surface area contributed by atoms with Crippen LogP contribution in [0.3, 0.4) is 0 Å². The smallest absolute Gasteiger partial charge is 0.317 e. The average Bonchev–Trinajstić information content (AvgIpc) is 3.07. The Balaban J connectivity index is 1.38. The van der Waals surface area contributed by atoms with Crippen molar-refractivity contribution in [1.29, 1.82) is 0 Å². The van der Waals surface area contributed by atoms with Gasteiger partial charge in [-0.1, -0.05) is 0 Å². The summed E-state index contributed by atoms with van der Waals surface area (Å²) in [6, 6.07) is 10.6. The van der Waals surface area contributed by atoms with Gasteiger partial charge in [-0.15, -0.1) is 9.24 Å². The number of ether oxygens (including phenoxy) is 1. The number of hydrogen-bond donors (Lipinski definition) is 1. The number of carbonyl (C=O) groups is 1. The molecule has 1 atom stereocenters. The van der Waals surface area contributed by atoms with Gasteiger partial charge in [0.15, 0.2) is 11.7 Å². The van der Waals surface area contributed by atoms with Gasteiger partial charge >= 0.3 is 6.03 Å². The van der Waals surface area contributed by atoms with Gasteiger partial charge in [-0.25, -0.2) is 14.2 Å². The number of benzene rings is 2. The van der Waals surface area contributed by atoms with Crippen molar-refractivity contribution in [3.8, 4) is 17.1 Å². The van der Waals surface area contributed by atoms with Crippen LogP contribution in [-0.2, 0) is 6.54 Å². The number of hydrogen-bond acceptors (Lipinski definition) is 5. The van der Waals surface area contributed by atoms with Crippen LogP contribution < -0.4 is 20.3 Å². The lowest BCUT2D eigenvalue weighted by atomic mass is 10.1. The first-order valence-electron chi connectivity index (χ1n) is 10.9. The highest BCUT2D eigenvalue weighted by molar-refractivity contribution is 7.27. The number of nitrogens with one attached hydrogen (secondary N) is 1. The number of anilines is 1. The van der Waals surface area contributed by atoms with Gasteiger partial charge in [0, 0.05) is 51.4 Å². The van der Waals surface area contributed by atoms with E-state index in [1.165, 1.54) is 12.1 Å². The van der Waals surface area contributed by atoms with Crippen molar-refractivity contribution in [1.82, 2.24) is 15.2 Å². The molecule has 174 valence electrons. The Bertz CT molecular complexity index is 1120. The summed E-state index contributed by atoms with van der Waals surface area (Å²) in [4.78, 5) is 20.9. The van der Waals surface area contributed by atoms with Crippen molar-refractivity contribution < 1.29 is 18.3 Å². The molecule has 1 aliphatic heterocycles. The van der Waals surface area contributed by atoms with Crippen LogP contribution in [0.25, 0.3) is 11.3 Å². The zero-order valence-corrected chi connectivity index (χ0v) is 20.0. The van der Waals surface area contributed by atoms with Gasteiger partial charge in [0.25, 0.3) is 0 Å². The van der Waals surface area contributed by atoms with Gasteiger partial charge in [-0.2, -0.15) is 0 Å². The van der Waals surface area contributed by atoms with Crippen LogP contribution in [0.4, 0.5) is 14.9 Å². The molecule has 3 aromatic rings.